The molecule has 0 saturated heterocycles. The van der Waals surface area contributed by atoms with E-state index in [9.17, 15) is 0 Å². The van der Waals surface area contributed by atoms with Gasteiger partial charge in [-0.15, -0.1) is 0 Å². The quantitative estimate of drug-likeness (QED) is 0.608. The van der Waals surface area contributed by atoms with Crippen molar-refractivity contribution in [2.24, 2.45) is 0 Å². The third-order valence-electron chi connectivity index (χ3n) is 3.17. The van der Waals surface area contributed by atoms with Crippen molar-refractivity contribution in [2.75, 3.05) is 26.4 Å². The SMILES string of the molecule is C=CC=C.CN(C)CCC(CS)Oc1cccc2ncccc12. The number of aromatic nitrogens is 1. The highest BCUT2D eigenvalue weighted by molar-refractivity contribution is 7.80. The van der Waals surface area contributed by atoms with E-state index in [2.05, 4.69) is 49.8 Å². The average molecular weight is 330 g/mol. The number of hydrogen-bond donors (Lipinski definition) is 1. The van der Waals surface area contributed by atoms with Crippen molar-refractivity contribution in [3.05, 3.63) is 61.8 Å². The van der Waals surface area contributed by atoms with E-state index in [1.165, 1.54) is 0 Å². The Morgan fingerprint density at radius 2 is 1.96 bits per heavy atom. The molecule has 2 rings (SSSR count). The van der Waals surface area contributed by atoms with Gasteiger partial charge in [0.2, 0.25) is 0 Å². The fraction of sp³-hybridized carbons (Fsp3) is 0.316. The van der Waals surface area contributed by atoms with Gasteiger partial charge in [-0.2, -0.15) is 12.6 Å². The highest BCUT2D eigenvalue weighted by atomic mass is 32.1. The van der Waals surface area contributed by atoms with Gasteiger partial charge in [-0.3, -0.25) is 4.98 Å². The number of thiol groups is 1. The number of fused-ring (bicyclic) bond motifs is 1. The molecule has 0 aliphatic heterocycles. The molecule has 0 saturated carbocycles. The Morgan fingerprint density at radius 3 is 2.57 bits per heavy atom. The lowest BCUT2D eigenvalue weighted by Gasteiger charge is -2.20. The molecule has 0 N–H and O–H groups in total. The van der Waals surface area contributed by atoms with Gasteiger partial charge < -0.3 is 9.64 Å². The largest absolute Gasteiger partial charge is 0.489 e. The van der Waals surface area contributed by atoms with Crippen molar-refractivity contribution in [3.8, 4) is 5.75 Å². The zero-order valence-electron chi connectivity index (χ0n) is 14.0. The standard InChI is InChI=1S/C15H20N2OS.C4H6/c1-17(2)10-8-12(11-19)18-15-7-3-6-14-13(15)5-4-9-16-14;1-3-4-2/h3-7,9,12,19H,8,10-11H2,1-2H3;3-4H,1-2H2. The van der Waals surface area contributed by atoms with E-state index < -0.39 is 0 Å². The Labute approximate surface area is 145 Å². The van der Waals surface area contributed by atoms with E-state index >= 15 is 0 Å². The second-order valence-corrected chi connectivity index (χ2v) is 5.68. The lowest BCUT2D eigenvalue weighted by molar-refractivity contribution is 0.201. The van der Waals surface area contributed by atoms with E-state index in [1.807, 2.05) is 30.3 Å². The van der Waals surface area contributed by atoms with Gasteiger partial charge in [-0.05, 0) is 44.8 Å². The summed E-state index contributed by atoms with van der Waals surface area (Å²) in [6, 6.07) is 9.95. The molecule has 1 aromatic carbocycles. The summed E-state index contributed by atoms with van der Waals surface area (Å²) in [6.07, 6.45) is 6.16. The van der Waals surface area contributed by atoms with Crippen molar-refractivity contribution in [1.82, 2.24) is 9.88 Å². The van der Waals surface area contributed by atoms with E-state index in [1.54, 1.807) is 18.3 Å². The Morgan fingerprint density at radius 1 is 1.22 bits per heavy atom. The zero-order valence-corrected chi connectivity index (χ0v) is 14.9. The van der Waals surface area contributed by atoms with Gasteiger partial charge in [0.1, 0.15) is 11.9 Å². The summed E-state index contributed by atoms with van der Waals surface area (Å²) in [6.45, 7) is 7.72. The van der Waals surface area contributed by atoms with Crippen LogP contribution in [0.4, 0.5) is 0 Å². The van der Waals surface area contributed by atoms with Crippen molar-refractivity contribution < 1.29 is 4.74 Å². The molecule has 0 fully saturated rings. The number of nitrogens with zero attached hydrogens (tertiary/aromatic N) is 2. The van der Waals surface area contributed by atoms with Crippen LogP contribution in [-0.2, 0) is 0 Å². The van der Waals surface area contributed by atoms with Crippen LogP contribution < -0.4 is 4.74 Å². The molecule has 3 nitrogen and oxygen atoms in total. The van der Waals surface area contributed by atoms with Gasteiger partial charge in [-0.25, -0.2) is 0 Å². The molecule has 2 aromatic rings. The molecule has 1 atom stereocenters. The molecule has 23 heavy (non-hydrogen) atoms. The second-order valence-electron chi connectivity index (χ2n) is 5.31. The number of hydrogen-bond acceptors (Lipinski definition) is 4. The van der Waals surface area contributed by atoms with Crippen LogP contribution in [-0.4, -0.2) is 42.4 Å². The van der Waals surface area contributed by atoms with Crippen LogP contribution in [0.25, 0.3) is 10.9 Å². The van der Waals surface area contributed by atoms with Crippen molar-refractivity contribution in [1.29, 1.82) is 0 Å². The minimum absolute atomic E-state index is 0.122. The molecule has 1 heterocycles. The maximum atomic E-state index is 6.08. The first-order chi connectivity index (χ1) is 11.1. The number of rotatable bonds is 7. The van der Waals surface area contributed by atoms with Crippen molar-refractivity contribution >= 4 is 23.5 Å². The number of allylic oxidation sites excluding steroid dienone is 2. The van der Waals surface area contributed by atoms with E-state index in [-0.39, 0.29) is 6.10 Å². The second kappa shape index (κ2) is 10.9. The Kier molecular flexibility index (Phi) is 9.10. The molecule has 4 heteroatoms. The third-order valence-corrected chi connectivity index (χ3v) is 3.58. The van der Waals surface area contributed by atoms with Crippen LogP contribution in [0.15, 0.2) is 61.8 Å². The predicted octanol–water partition coefficient (Wildman–Crippen LogP) is 4.22. The van der Waals surface area contributed by atoms with Crippen LogP contribution >= 0.6 is 12.6 Å². The molecular formula is C19H26N2OS. The van der Waals surface area contributed by atoms with Gasteiger partial charge in [0.05, 0.1) is 5.52 Å². The van der Waals surface area contributed by atoms with Crippen LogP contribution in [0.5, 0.6) is 5.75 Å². The Bertz CT molecular complexity index is 602. The van der Waals surface area contributed by atoms with E-state index in [4.69, 9.17) is 4.74 Å². The first-order valence-electron chi connectivity index (χ1n) is 7.61. The Balaban J connectivity index is 0.000000593. The van der Waals surface area contributed by atoms with Crippen molar-refractivity contribution in [2.45, 2.75) is 12.5 Å². The molecule has 0 radical (unpaired) electrons. The normalized spacial score (nSPS) is 11.5. The molecule has 0 aliphatic carbocycles. The molecule has 0 amide bonds. The maximum absolute atomic E-state index is 6.08. The van der Waals surface area contributed by atoms with Gasteiger partial charge in [0.15, 0.2) is 0 Å². The molecule has 0 bridgehead atoms. The smallest absolute Gasteiger partial charge is 0.129 e. The summed E-state index contributed by atoms with van der Waals surface area (Å²) in [7, 11) is 4.13. The molecule has 1 unspecified atom stereocenters. The highest BCUT2D eigenvalue weighted by Crippen LogP contribution is 2.25. The molecular weight excluding hydrogens is 304 g/mol. The lowest BCUT2D eigenvalue weighted by Crippen LogP contribution is -2.25. The first-order valence-corrected chi connectivity index (χ1v) is 8.25. The van der Waals surface area contributed by atoms with E-state index in [0.717, 1.165) is 29.6 Å². The number of benzene rings is 1. The van der Waals surface area contributed by atoms with Crippen molar-refractivity contribution in [3.63, 3.8) is 0 Å². The molecule has 0 spiro atoms. The van der Waals surface area contributed by atoms with E-state index in [0.29, 0.717) is 5.75 Å². The van der Waals surface area contributed by atoms with Crippen LogP contribution in [0.2, 0.25) is 0 Å². The molecule has 0 aliphatic rings. The fourth-order valence-electron chi connectivity index (χ4n) is 1.95. The summed E-state index contributed by atoms with van der Waals surface area (Å²) in [5, 5.41) is 1.06. The molecule has 124 valence electrons. The average Bonchev–Trinajstić information content (AvgIpc) is 2.58. The third kappa shape index (κ3) is 6.89. The van der Waals surface area contributed by atoms with Gasteiger partial charge in [0.25, 0.3) is 0 Å². The Hall–Kier alpha value is -1.78. The summed E-state index contributed by atoms with van der Waals surface area (Å²) >= 11 is 4.38. The van der Waals surface area contributed by atoms with Gasteiger partial charge >= 0.3 is 0 Å². The summed E-state index contributed by atoms with van der Waals surface area (Å²) in [5.74, 6) is 1.60. The zero-order chi connectivity index (χ0) is 17.1. The summed E-state index contributed by atoms with van der Waals surface area (Å²) in [5.41, 5.74) is 0.963. The summed E-state index contributed by atoms with van der Waals surface area (Å²) in [4.78, 5) is 6.50. The minimum atomic E-state index is 0.122. The molecule has 1 aromatic heterocycles. The fourth-order valence-corrected chi connectivity index (χ4v) is 2.20. The highest BCUT2D eigenvalue weighted by Gasteiger charge is 2.11. The van der Waals surface area contributed by atoms with Gasteiger partial charge in [0, 0.05) is 23.9 Å². The minimum Gasteiger partial charge on any atom is -0.489 e. The van der Waals surface area contributed by atoms with Gasteiger partial charge in [-0.1, -0.05) is 31.4 Å². The number of pyridine rings is 1. The monoisotopic (exact) mass is 330 g/mol. The predicted molar refractivity (Wildman–Crippen MR) is 104 cm³/mol. The topological polar surface area (TPSA) is 25.4 Å². The first kappa shape index (κ1) is 19.3. The van der Waals surface area contributed by atoms with Crippen LogP contribution in [0.3, 0.4) is 0 Å². The number of ether oxygens (including phenoxy) is 1. The van der Waals surface area contributed by atoms with Crippen LogP contribution in [0.1, 0.15) is 6.42 Å². The lowest BCUT2D eigenvalue weighted by atomic mass is 10.2. The van der Waals surface area contributed by atoms with Crippen LogP contribution in [0, 0.1) is 0 Å². The summed E-state index contributed by atoms with van der Waals surface area (Å²) < 4.78 is 6.08. The maximum Gasteiger partial charge on any atom is 0.129 e.